The van der Waals surface area contributed by atoms with Crippen LogP contribution < -0.4 is 0 Å². The molecule has 0 bridgehead atoms. The number of imidazole rings is 1. The van der Waals surface area contributed by atoms with Crippen molar-refractivity contribution < 1.29 is 0 Å². The van der Waals surface area contributed by atoms with Crippen molar-refractivity contribution in [3.8, 4) is 6.07 Å². The maximum Gasteiger partial charge on any atom is 0.133 e. The Morgan fingerprint density at radius 3 is 3.07 bits per heavy atom. The minimum atomic E-state index is -0.363. The second-order valence-electron chi connectivity index (χ2n) is 3.19. The van der Waals surface area contributed by atoms with Crippen LogP contribution in [0.3, 0.4) is 0 Å². The second kappa shape index (κ2) is 3.50. The van der Waals surface area contributed by atoms with Gasteiger partial charge in [0.1, 0.15) is 11.7 Å². The van der Waals surface area contributed by atoms with Crippen LogP contribution in [0.1, 0.15) is 13.0 Å². The van der Waals surface area contributed by atoms with Gasteiger partial charge in [-0.3, -0.25) is 0 Å². The van der Waals surface area contributed by atoms with Crippen molar-refractivity contribution in [1.82, 2.24) is 9.55 Å². The monoisotopic (exact) mass is 200 g/mol. The first kappa shape index (κ1) is 9.34. The van der Waals surface area contributed by atoms with Gasteiger partial charge in [-0.25, -0.2) is 4.98 Å². The van der Waals surface area contributed by atoms with Gasteiger partial charge in [0, 0.05) is 0 Å². The summed E-state index contributed by atoms with van der Waals surface area (Å²) in [6.45, 7) is 1.74. The average molecular weight is 200 g/mol. The van der Waals surface area contributed by atoms with E-state index in [0.29, 0.717) is 16.7 Å². The molecular weight excluding hydrogens is 192 g/mol. The Kier molecular flexibility index (Phi) is 2.18. The summed E-state index contributed by atoms with van der Waals surface area (Å²) in [6.07, 6.45) is 1.55. The first-order chi connectivity index (χ1) is 7.27. The Labute approximate surface area is 85.9 Å². The van der Waals surface area contributed by atoms with E-state index in [4.69, 9.17) is 5.26 Å². The number of para-hydroxylation sites is 1. The molecule has 0 amide bonds. The van der Waals surface area contributed by atoms with Crippen LogP contribution in [0.2, 0.25) is 0 Å². The predicted molar refractivity (Wildman–Crippen MR) is 55.5 cm³/mol. The number of fused-ring (bicyclic) bond motifs is 1. The smallest absolute Gasteiger partial charge is 0.133 e. The van der Waals surface area contributed by atoms with E-state index in [9.17, 15) is 4.91 Å². The van der Waals surface area contributed by atoms with Gasteiger partial charge in [-0.2, -0.15) is 5.26 Å². The van der Waals surface area contributed by atoms with Gasteiger partial charge < -0.3 is 4.57 Å². The molecule has 2 rings (SSSR count). The van der Waals surface area contributed by atoms with Gasteiger partial charge in [0.05, 0.1) is 23.4 Å². The Bertz CT molecular complexity index is 552. The van der Waals surface area contributed by atoms with Crippen molar-refractivity contribution in [2.75, 3.05) is 0 Å². The van der Waals surface area contributed by atoms with Gasteiger partial charge >= 0.3 is 0 Å². The van der Waals surface area contributed by atoms with Gasteiger partial charge in [0.2, 0.25) is 0 Å². The minimum Gasteiger partial charge on any atom is -0.312 e. The zero-order chi connectivity index (χ0) is 10.8. The highest BCUT2D eigenvalue weighted by atomic mass is 16.3. The van der Waals surface area contributed by atoms with E-state index in [-0.39, 0.29) is 6.04 Å². The van der Waals surface area contributed by atoms with E-state index in [1.807, 2.05) is 0 Å². The van der Waals surface area contributed by atoms with Crippen molar-refractivity contribution in [1.29, 1.82) is 5.26 Å². The highest BCUT2D eigenvalue weighted by Gasteiger charge is 2.12. The van der Waals surface area contributed by atoms with E-state index >= 15 is 0 Å². The molecule has 2 aromatic rings. The lowest BCUT2D eigenvalue weighted by atomic mass is 10.2. The fourth-order valence-corrected chi connectivity index (χ4v) is 1.50. The minimum absolute atomic E-state index is 0.312. The molecule has 0 aliphatic rings. The molecule has 0 spiro atoms. The van der Waals surface area contributed by atoms with E-state index in [1.54, 1.807) is 36.0 Å². The number of nitroso groups, excluding NO2 is 1. The molecule has 1 aromatic heterocycles. The molecule has 1 unspecified atom stereocenters. The summed E-state index contributed by atoms with van der Waals surface area (Å²) in [4.78, 5) is 14.7. The third-order valence-corrected chi connectivity index (χ3v) is 2.28. The van der Waals surface area contributed by atoms with Crippen LogP contribution in [0, 0.1) is 16.2 Å². The fraction of sp³-hybridized carbons (Fsp3) is 0.200. The SMILES string of the molecule is CC(C#N)n1cnc2cccc(N=O)c21. The molecule has 0 saturated carbocycles. The summed E-state index contributed by atoms with van der Waals surface area (Å²) in [5.41, 5.74) is 1.60. The zero-order valence-electron chi connectivity index (χ0n) is 8.08. The highest BCUT2D eigenvalue weighted by Crippen LogP contribution is 2.27. The lowest BCUT2D eigenvalue weighted by Crippen LogP contribution is -2.00. The zero-order valence-corrected chi connectivity index (χ0v) is 8.08. The molecule has 0 N–H and O–H groups in total. The Hall–Kier alpha value is -2.22. The Morgan fingerprint density at radius 1 is 1.60 bits per heavy atom. The number of nitriles is 1. The maximum absolute atomic E-state index is 10.6. The van der Waals surface area contributed by atoms with Gasteiger partial charge in [0.25, 0.3) is 0 Å². The largest absolute Gasteiger partial charge is 0.312 e. The van der Waals surface area contributed by atoms with Crippen LogP contribution in [-0.2, 0) is 0 Å². The molecule has 5 heteroatoms. The van der Waals surface area contributed by atoms with Crippen molar-refractivity contribution in [3.63, 3.8) is 0 Å². The van der Waals surface area contributed by atoms with Crippen LogP contribution >= 0.6 is 0 Å². The maximum atomic E-state index is 10.6. The normalized spacial score (nSPS) is 12.3. The summed E-state index contributed by atoms with van der Waals surface area (Å²) in [5, 5.41) is 11.8. The number of hydrogen-bond acceptors (Lipinski definition) is 4. The topological polar surface area (TPSA) is 71.0 Å². The Morgan fingerprint density at radius 2 is 2.40 bits per heavy atom. The van der Waals surface area contributed by atoms with E-state index < -0.39 is 0 Å². The van der Waals surface area contributed by atoms with Gasteiger partial charge in [-0.1, -0.05) is 6.07 Å². The first-order valence-electron chi connectivity index (χ1n) is 4.46. The molecular formula is C10H8N4O. The summed E-state index contributed by atoms with van der Waals surface area (Å²) < 4.78 is 1.64. The van der Waals surface area contributed by atoms with Gasteiger partial charge in [0.15, 0.2) is 0 Å². The number of rotatable bonds is 2. The molecule has 5 nitrogen and oxygen atoms in total. The van der Waals surface area contributed by atoms with Crippen molar-refractivity contribution >= 4 is 16.7 Å². The van der Waals surface area contributed by atoms with Crippen LogP contribution in [0.5, 0.6) is 0 Å². The van der Waals surface area contributed by atoms with Gasteiger partial charge in [-0.15, -0.1) is 4.91 Å². The fourth-order valence-electron chi connectivity index (χ4n) is 1.50. The molecule has 0 fully saturated rings. The summed E-state index contributed by atoms with van der Waals surface area (Å²) in [6, 6.07) is 6.83. The van der Waals surface area contributed by atoms with Gasteiger partial charge in [-0.05, 0) is 24.2 Å². The molecule has 0 aliphatic heterocycles. The van der Waals surface area contributed by atoms with Crippen molar-refractivity contribution in [2.45, 2.75) is 13.0 Å². The summed E-state index contributed by atoms with van der Waals surface area (Å²) >= 11 is 0. The number of nitrogens with zero attached hydrogens (tertiary/aromatic N) is 4. The molecule has 0 saturated heterocycles. The molecule has 0 aliphatic carbocycles. The third kappa shape index (κ3) is 1.36. The molecule has 1 aromatic carbocycles. The average Bonchev–Trinajstić information content (AvgIpc) is 2.71. The quantitative estimate of drug-likeness (QED) is 0.699. The van der Waals surface area contributed by atoms with Crippen LogP contribution in [0.25, 0.3) is 11.0 Å². The second-order valence-corrected chi connectivity index (χ2v) is 3.19. The molecule has 1 heterocycles. The van der Waals surface area contributed by atoms with Crippen molar-refractivity contribution in [3.05, 3.63) is 29.4 Å². The third-order valence-electron chi connectivity index (χ3n) is 2.28. The predicted octanol–water partition coefficient (Wildman–Crippen LogP) is 2.52. The van der Waals surface area contributed by atoms with E-state index in [0.717, 1.165) is 0 Å². The van der Waals surface area contributed by atoms with E-state index in [1.165, 1.54) is 0 Å². The number of hydrogen-bond donors (Lipinski definition) is 0. The highest BCUT2D eigenvalue weighted by molar-refractivity contribution is 5.87. The standard InChI is InChI=1S/C10H8N4O/c1-7(5-11)14-6-12-8-3-2-4-9(13-15)10(8)14/h2-4,6-7H,1H3. The van der Waals surface area contributed by atoms with Crippen LogP contribution in [-0.4, -0.2) is 9.55 Å². The first-order valence-corrected chi connectivity index (χ1v) is 4.46. The van der Waals surface area contributed by atoms with Crippen LogP contribution in [0.4, 0.5) is 5.69 Å². The lowest BCUT2D eigenvalue weighted by molar-refractivity contribution is 0.693. The van der Waals surface area contributed by atoms with E-state index in [2.05, 4.69) is 16.2 Å². The molecule has 15 heavy (non-hydrogen) atoms. The lowest BCUT2D eigenvalue weighted by Gasteiger charge is -2.05. The molecule has 1 atom stereocenters. The number of benzene rings is 1. The Balaban J connectivity index is 2.77. The molecule has 0 radical (unpaired) electrons. The molecule has 74 valence electrons. The number of aromatic nitrogens is 2. The summed E-state index contributed by atoms with van der Waals surface area (Å²) in [5.74, 6) is 0. The van der Waals surface area contributed by atoms with Crippen molar-refractivity contribution in [2.24, 2.45) is 5.18 Å². The summed E-state index contributed by atoms with van der Waals surface area (Å²) in [7, 11) is 0. The van der Waals surface area contributed by atoms with Crippen LogP contribution in [0.15, 0.2) is 29.7 Å².